The van der Waals surface area contributed by atoms with Crippen LogP contribution in [0.15, 0.2) is 28.3 Å². The molecule has 0 atom stereocenters. The smallest absolute Gasteiger partial charge is 0.334 e. The Balaban J connectivity index is 1.92. The number of nitriles is 1. The lowest BCUT2D eigenvalue weighted by molar-refractivity contribution is -0.348. The third kappa shape index (κ3) is 5.50. The monoisotopic (exact) mass is 607 g/mol. The lowest BCUT2D eigenvalue weighted by Gasteiger charge is -2.30. The first kappa shape index (κ1) is 29.0. The average molecular weight is 609 g/mol. The summed E-state index contributed by atoms with van der Waals surface area (Å²) in [5.74, 6) is 4.71. The van der Waals surface area contributed by atoms with E-state index in [0.717, 1.165) is 17.6 Å². The summed E-state index contributed by atoms with van der Waals surface area (Å²) < 4.78 is 92.7. The zero-order valence-corrected chi connectivity index (χ0v) is 20.8. The molecule has 1 saturated carbocycles. The van der Waals surface area contributed by atoms with Gasteiger partial charge in [0.25, 0.3) is 5.91 Å². The summed E-state index contributed by atoms with van der Waals surface area (Å²) >= 11 is 18.5. The van der Waals surface area contributed by atoms with Gasteiger partial charge in [0.05, 0.1) is 32.8 Å². The Kier molecular flexibility index (Phi) is 7.78. The molecule has 2 aromatic rings. The lowest BCUT2D eigenvalue weighted by Crippen LogP contribution is -2.50. The van der Waals surface area contributed by atoms with Crippen LogP contribution in [0.1, 0.15) is 33.6 Å². The van der Waals surface area contributed by atoms with Crippen LogP contribution in [0.3, 0.4) is 0 Å². The maximum absolute atomic E-state index is 14.4. The molecule has 0 bridgehead atoms. The number of rotatable bonds is 6. The molecule has 0 aliphatic heterocycles. The van der Waals surface area contributed by atoms with Crippen molar-refractivity contribution in [3.63, 3.8) is 0 Å². The summed E-state index contributed by atoms with van der Waals surface area (Å²) in [5.41, 5.74) is -9.24. The van der Waals surface area contributed by atoms with Gasteiger partial charge in [-0.2, -0.15) is 36.7 Å². The van der Waals surface area contributed by atoms with E-state index < -0.39 is 50.8 Å². The third-order valence-electron chi connectivity index (χ3n) is 5.15. The first-order chi connectivity index (χ1) is 17.0. The number of carbonyl (C=O) groups is 1. The van der Waals surface area contributed by atoms with Crippen molar-refractivity contribution in [1.82, 2.24) is 5.32 Å². The van der Waals surface area contributed by atoms with Crippen molar-refractivity contribution < 1.29 is 35.5 Å². The van der Waals surface area contributed by atoms with Crippen molar-refractivity contribution in [1.29, 1.82) is 5.26 Å². The fraction of sp³-hybridized carbons (Fsp3) is 0.300. The second-order valence-electron chi connectivity index (χ2n) is 7.66. The summed E-state index contributed by atoms with van der Waals surface area (Å²) in [5, 5.41) is 13.5. The molecule has 1 heterocycles. The number of benzene rings is 1. The molecule has 3 N–H and O–H groups in total. The van der Waals surface area contributed by atoms with Crippen molar-refractivity contribution in [3.8, 4) is 6.07 Å². The number of hydrogen-bond acceptors (Lipinski definition) is 6. The molecule has 198 valence electrons. The van der Waals surface area contributed by atoms with Crippen LogP contribution in [-0.2, 0) is 5.67 Å². The Bertz CT molecular complexity index is 1310. The van der Waals surface area contributed by atoms with Crippen molar-refractivity contribution >= 4 is 69.7 Å². The van der Waals surface area contributed by atoms with Gasteiger partial charge in [0.2, 0.25) is 0 Å². The SMILES string of the molecule is N#CC1(NC(=O)c2cc(C(C=Nc3c(Cl)cc(C(F)(C(F)(F)F)C(F)(F)F)cc3Cl)=NN)sc2Cl)CC1. The molecule has 1 amide bonds. The van der Waals surface area contributed by atoms with E-state index in [1.165, 1.54) is 6.07 Å². The molecular weight excluding hydrogens is 598 g/mol. The van der Waals surface area contributed by atoms with Gasteiger partial charge in [0, 0.05) is 5.56 Å². The van der Waals surface area contributed by atoms with Crippen LogP contribution in [0.5, 0.6) is 0 Å². The number of hydrazone groups is 1. The molecular formula is C20H11Cl3F7N5OS. The van der Waals surface area contributed by atoms with Gasteiger partial charge >= 0.3 is 18.0 Å². The number of amides is 1. The maximum Gasteiger partial charge on any atom is 0.435 e. The summed E-state index contributed by atoms with van der Waals surface area (Å²) in [6.07, 6.45) is -10.9. The van der Waals surface area contributed by atoms with Gasteiger partial charge in [0.1, 0.15) is 21.3 Å². The van der Waals surface area contributed by atoms with E-state index in [2.05, 4.69) is 15.4 Å². The van der Waals surface area contributed by atoms with Gasteiger partial charge in [-0.25, -0.2) is 4.39 Å². The van der Waals surface area contributed by atoms with Crippen LogP contribution in [0.25, 0.3) is 0 Å². The molecule has 1 aromatic carbocycles. The van der Waals surface area contributed by atoms with Crippen LogP contribution < -0.4 is 11.2 Å². The molecule has 6 nitrogen and oxygen atoms in total. The largest absolute Gasteiger partial charge is 0.435 e. The zero-order chi connectivity index (χ0) is 28.0. The number of carbonyl (C=O) groups excluding carboxylic acids is 1. The van der Waals surface area contributed by atoms with Crippen molar-refractivity contribution in [3.05, 3.63) is 48.6 Å². The Labute approximate surface area is 222 Å². The fourth-order valence-corrected chi connectivity index (χ4v) is 4.80. The van der Waals surface area contributed by atoms with Gasteiger partial charge in [-0.3, -0.25) is 9.79 Å². The van der Waals surface area contributed by atoms with Crippen LogP contribution >= 0.6 is 46.1 Å². The zero-order valence-electron chi connectivity index (χ0n) is 17.7. The highest BCUT2D eigenvalue weighted by molar-refractivity contribution is 7.19. The minimum Gasteiger partial charge on any atom is -0.334 e. The molecule has 37 heavy (non-hydrogen) atoms. The number of nitrogens with one attached hydrogen (secondary N) is 1. The molecule has 0 saturated heterocycles. The van der Waals surface area contributed by atoms with E-state index in [-0.39, 0.29) is 32.6 Å². The summed E-state index contributed by atoms with van der Waals surface area (Å²) in [4.78, 5) is 16.4. The fourth-order valence-electron chi connectivity index (χ4n) is 2.99. The Morgan fingerprint density at radius 3 is 2.05 bits per heavy atom. The average Bonchev–Trinajstić information content (AvgIpc) is 3.45. The highest BCUT2D eigenvalue weighted by Gasteiger charge is 2.73. The molecule has 1 aromatic heterocycles. The second-order valence-corrected chi connectivity index (χ2v) is 10.1. The number of thiophene rings is 1. The predicted octanol–water partition coefficient (Wildman–Crippen LogP) is 6.85. The minimum atomic E-state index is -6.36. The van der Waals surface area contributed by atoms with E-state index in [9.17, 15) is 35.5 Å². The first-order valence-electron chi connectivity index (χ1n) is 9.67. The normalized spacial score (nSPS) is 16.1. The number of nitrogens with zero attached hydrogens (tertiary/aromatic N) is 3. The van der Waals surface area contributed by atoms with Crippen LogP contribution in [0.4, 0.5) is 36.4 Å². The number of alkyl halides is 7. The van der Waals surface area contributed by atoms with Gasteiger partial charge in [-0.05, 0) is 31.0 Å². The summed E-state index contributed by atoms with van der Waals surface area (Å²) in [6, 6.07) is 3.47. The van der Waals surface area contributed by atoms with Crippen molar-refractivity contribution in [2.75, 3.05) is 0 Å². The van der Waals surface area contributed by atoms with E-state index in [4.69, 9.17) is 45.9 Å². The van der Waals surface area contributed by atoms with Crippen molar-refractivity contribution in [2.45, 2.75) is 36.4 Å². The summed E-state index contributed by atoms with van der Waals surface area (Å²) in [7, 11) is 0. The lowest BCUT2D eigenvalue weighted by atomic mass is 9.94. The van der Waals surface area contributed by atoms with E-state index in [0.29, 0.717) is 12.8 Å². The number of hydrogen-bond donors (Lipinski definition) is 2. The Morgan fingerprint density at radius 1 is 1.08 bits per heavy atom. The molecule has 0 unspecified atom stereocenters. The summed E-state index contributed by atoms with van der Waals surface area (Å²) in [6.45, 7) is 0. The molecule has 3 rings (SSSR count). The Morgan fingerprint density at radius 2 is 1.62 bits per heavy atom. The van der Waals surface area contributed by atoms with Gasteiger partial charge in [-0.1, -0.05) is 34.8 Å². The molecule has 1 aliphatic rings. The molecule has 17 heteroatoms. The molecule has 0 spiro atoms. The minimum absolute atomic E-state index is 0.00301. The third-order valence-corrected chi connectivity index (χ3v) is 7.11. The van der Waals surface area contributed by atoms with E-state index in [1.807, 2.05) is 6.07 Å². The van der Waals surface area contributed by atoms with Crippen LogP contribution in [-0.4, -0.2) is 35.7 Å². The van der Waals surface area contributed by atoms with E-state index >= 15 is 0 Å². The van der Waals surface area contributed by atoms with Gasteiger partial charge < -0.3 is 11.2 Å². The highest BCUT2D eigenvalue weighted by Crippen LogP contribution is 2.54. The molecule has 1 aliphatic carbocycles. The standard InChI is InChI=1S/C20H11Cl3F7N5OS/c21-10-3-8(18(24,19(25,26)27)20(28,29)30)4-11(22)14(10)33-6-12(35-32)13-5-9(15(23)37-13)16(36)34-17(7-31)1-2-17/h3-6H,1-2,32H2,(H,34,36). The predicted molar refractivity (Wildman–Crippen MR) is 125 cm³/mol. The van der Waals surface area contributed by atoms with Crippen molar-refractivity contribution in [2.24, 2.45) is 15.9 Å². The van der Waals surface area contributed by atoms with Crippen LogP contribution in [0, 0.1) is 11.3 Å². The number of nitrogens with two attached hydrogens (primary N) is 1. The molecule has 1 fully saturated rings. The highest BCUT2D eigenvalue weighted by atomic mass is 35.5. The molecule has 0 radical (unpaired) electrons. The second kappa shape index (κ2) is 9.94. The van der Waals surface area contributed by atoms with Gasteiger partial charge in [-0.15, -0.1) is 11.3 Å². The van der Waals surface area contributed by atoms with Gasteiger partial charge in [0.15, 0.2) is 0 Å². The topological polar surface area (TPSA) is 104 Å². The number of aliphatic imine (C=N–C) groups is 1. The number of halogens is 10. The maximum atomic E-state index is 14.4. The quantitative estimate of drug-likeness (QED) is 0.162. The first-order valence-corrected chi connectivity index (χ1v) is 11.6. The van der Waals surface area contributed by atoms with Crippen LogP contribution in [0.2, 0.25) is 14.4 Å². The van der Waals surface area contributed by atoms with E-state index in [1.54, 1.807) is 0 Å². The Hall–Kier alpha value is -2.60.